The molecule has 0 unspecified atom stereocenters. The highest BCUT2D eigenvalue weighted by molar-refractivity contribution is 9.10. The van der Waals surface area contributed by atoms with Crippen molar-refractivity contribution in [2.24, 2.45) is 0 Å². The lowest BCUT2D eigenvalue weighted by Crippen LogP contribution is -2.12. The SMILES string of the molecule is CCOc1ccc(C(=O)Nc2cccc(-c3nn4c(C)nnc4s3)c2)cc1Br. The Morgan fingerprint density at radius 3 is 2.86 bits per heavy atom. The Balaban J connectivity index is 1.56. The first-order valence-electron chi connectivity index (χ1n) is 8.58. The van der Waals surface area contributed by atoms with Crippen molar-refractivity contribution in [1.29, 1.82) is 0 Å². The van der Waals surface area contributed by atoms with Crippen molar-refractivity contribution < 1.29 is 9.53 Å². The van der Waals surface area contributed by atoms with Crippen LogP contribution in [0.4, 0.5) is 5.69 Å². The van der Waals surface area contributed by atoms with Crippen molar-refractivity contribution in [3.05, 3.63) is 58.3 Å². The Kier molecular flexibility index (Phi) is 5.10. The fourth-order valence-electron chi connectivity index (χ4n) is 2.68. The quantitative estimate of drug-likeness (QED) is 0.474. The van der Waals surface area contributed by atoms with Crippen LogP contribution in [0.15, 0.2) is 46.9 Å². The highest BCUT2D eigenvalue weighted by Gasteiger charge is 2.13. The molecule has 9 heteroatoms. The van der Waals surface area contributed by atoms with E-state index in [0.717, 1.165) is 25.8 Å². The maximum atomic E-state index is 12.6. The Morgan fingerprint density at radius 2 is 2.11 bits per heavy atom. The van der Waals surface area contributed by atoms with Gasteiger partial charge in [-0.2, -0.15) is 9.61 Å². The van der Waals surface area contributed by atoms with Crippen molar-refractivity contribution in [3.8, 4) is 16.3 Å². The molecule has 142 valence electrons. The van der Waals surface area contributed by atoms with Gasteiger partial charge in [0.2, 0.25) is 4.96 Å². The van der Waals surface area contributed by atoms with Crippen LogP contribution >= 0.6 is 27.3 Å². The average Bonchev–Trinajstić information content (AvgIpc) is 3.26. The molecule has 4 rings (SSSR count). The topological polar surface area (TPSA) is 81.4 Å². The van der Waals surface area contributed by atoms with Gasteiger partial charge in [-0.15, -0.1) is 10.2 Å². The lowest BCUT2D eigenvalue weighted by molar-refractivity contribution is 0.102. The number of rotatable bonds is 5. The van der Waals surface area contributed by atoms with Gasteiger partial charge >= 0.3 is 0 Å². The molecule has 0 radical (unpaired) electrons. The monoisotopic (exact) mass is 457 g/mol. The molecule has 0 saturated carbocycles. The number of amides is 1. The molecule has 0 bridgehead atoms. The fraction of sp³-hybridized carbons (Fsp3) is 0.158. The van der Waals surface area contributed by atoms with E-state index < -0.39 is 0 Å². The molecule has 0 aliphatic heterocycles. The van der Waals surface area contributed by atoms with Gasteiger partial charge in [-0.25, -0.2) is 0 Å². The summed E-state index contributed by atoms with van der Waals surface area (Å²) < 4.78 is 7.94. The summed E-state index contributed by atoms with van der Waals surface area (Å²) in [4.78, 5) is 13.4. The number of nitrogens with zero attached hydrogens (tertiary/aromatic N) is 4. The first-order chi connectivity index (χ1) is 13.5. The van der Waals surface area contributed by atoms with Gasteiger partial charge in [0, 0.05) is 16.8 Å². The summed E-state index contributed by atoms with van der Waals surface area (Å²) in [5.74, 6) is 1.25. The molecular weight excluding hydrogens is 442 g/mol. The van der Waals surface area contributed by atoms with Crippen molar-refractivity contribution in [2.75, 3.05) is 11.9 Å². The van der Waals surface area contributed by atoms with Gasteiger partial charge < -0.3 is 10.1 Å². The summed E-state index contributed by atoms with van der Waals surface area (Å²) in [5, 5.41) is 16.4. The van der Waals surface area contributed by atoms with E-state index in [1.807, 2.05) is 38.1 Å². The molecule has 0 saturated heterocycles. The number of ether oxygens (including phenoxy) is 1. The highest BCUT2D eigenvalue weighted by atomic mass is 79.9. The number of carbonyl (C=O) groups is 1. The smallest absolute Gasteiger partial charge is 0.255 e. The number of nitrogens with one attached hydrogen (secondary N) is 1. The maximum Gasteiger partial charge on any atom is 0.255 e. The van der Waals surface area contributed by atoms with E-state index in [-0.39, 0.29) is 5.91 Å². The number of aryl methyl sites for hydroxylation is 1. The Labute approximate surface area is 173 Å². The molecule has 4 aromatic rings. The molecular formula is C19H16BrN5O2S. The molecule has 0 fully saturated rings. The third kappa shape index (κ3) is 3.63. The molecule has 7 nitrogen and oxygen atoms in total. The minimum Gasteiger partial charge on any atom is -0.493 e. The summed E-state index contributed by atoms with van der Waals surface area (Å²) in [5.41, 5.74) is 2.13. The van der Waals surface area contributed by atoms with E-state index in [2.05, 4.69) is 36.5 Å². The molecule has 0 aliphatic rings. The average molecular weight is 458 g/mol. The van der Waals surface area contributed by atoms with E-state index in [9.17, 15) is 4.79 Å². The molecule has 0 spiro atoms. The van der Waals surface area contributed by atoms with E-state index in [4.69, 9.17) is 4.74 Å². The first-order valence-corrected chi connectivity index (χ1v) is 10.2. The van der Waals surface area contributed by atoms with Crippen LogP contribution in [0.2, 0.25) is 0 Å². The van der Waals surface area contributed by atoms with Crippen molar-refractivity contribution in [3.63, 3.8) is 0 Å². The number of fused-ring (bicyclic) bond motifs is 1. The second kappa shape index (κ2) is 7.69. The van der Waals surface area contributed by atoms with E-state index >= 15 is 0 Å². The number of carbonyl (C=O) groups excluding carboxylic acids is 1. The van der Waals surface area contributed by atoms with Gasteiger partial charge in [-0.1, -0.05) is 23.5 Å². The lowest BCUT2D eigenvalue weighted by atomic mass is 10.1. The second-order valence-corrected chi connectivity index (χ2v) is 7.77. The van der Waals surface area contributed by atoms with Crippen LogP contribution in [0.25, 0.3) is 15.5 Å². The van der Waals surface area contributed by atoms with Gasteiger partial charge in [0.25, 0.3) is 5.91 Å². The van der Waals surface area contributed by atoms with Crippen molar-refractivity contribution >= 4 is 43.8 Å². The minimum atomic E-state index is -0.199. The minimum absolute atomic E-state index is 0.199. The van der Waals surface area contributed by atoms with Gasteiger partial charge in [-0.3, -0.25) is 4.79 Å². The maximum absolute atomic E-state index is 12.6. The zero-order valence-corrected chi connectivity index (χ0v) is 17.5. The number of halogens is 1. The summed E-state index contributed by atoms with van der Waals surface area (Å²) >= 11 is 4.89. The molecule has 2 aromatic heterocycles. The third-order valence-corrected chi connectivity index (χ3v) is 5.58. The summed E-state index contributed by atoms with van der Waals surface area (Å²) in [7, 11) is 0. The lowest BCUT2D eigenvalue weighted by Gasteiger charge is -2.09. The zero-order chi connectivity index (χ0) is 19.7. The predicted octanol–water partition coefficient (Wildman–Crippen LogP) is 4.57. The van der Waals surface area contributed by atoms with Crippen LogP contribution in [-0.4, -0.2) is 32.3 Å². The first kappa shape index (κ1) is 18.6. The van der Waals surface area contributed by atoms with Crippen LogP contribution in [0.1, 0.15) is 23.1 Å². The molecule has 0 aliphatic carbocycles. The van der Waals surface area contributed by atoms with Gasteiger partial charge in [0.15, 0.2) is 5.82 Å². The standard InChI is InChI=1S/C19H16BrN5O2S/c1-3-27-16-8-7-12(10-15(16)20)17(26)21-14-6-4-5-13(9-14)18-24-25-11(2)22-23-19(25)28-18/h4-10H,3H2,1-2H3,(H,21,26). The van der Waals surface area contributed by atoms with Crippen LogP contribution in [0.3, 0.4) is 0 Å². The molecule has 2 aromatic carbocycles. The van der Waals surface area contributed by atoms with Gasteiger partial charge in [0.05, 0.1) is 11.1 Å². The number of benzene rings is 2. The number of anilines is 1. The number of hydrogen-bond acceptors (Lipinski definition) is 6. The van der Waals surface area contributed by atoms with E-state index in [1.54, 1.807) is 22.7 Å². The normalized spacial score (nSPS) is 11.0. The Hall–Kier alpha value is -2.78. The zero-order valence-electron chi connectivity index (χ0n) is 15.1. The van der Waals surface area contributed by atoms with Crippen LogP contribution in [-0.2, 0) is 0 Å². The molecule has 0 atom stereocenters. The Morgan fingerprint density at radius 1 is 1.25 bits per heavy atom. The van der Waals surface area contributed by atoms with Crippen LogP contribution < -0.4 is 10.1 Å². The van der Waals surface area contributed by atoms with Gasteiger partial charge in [-0.05, 0) is 60.1 Å². The largest absolute Gasteiger partial charge is 0.493 e. The van der Waals surface area contributed by atoms with Crippen LogP contribution in [0.5, 0.6) is 5.75 Å². The summed E-state index contributed by atoms with van der Waals surface area (Å²) in [6.07, 6.45) is 0. The van der Waals surface area contributed by atoms with E-state index in [0.29, 0.717) is 23.6 Å². The summed E-state index contributed by atoms with van der Waals surface area (Å²) in [6, 6.07) is 12.8. The Bertz CT molecular complexity index is 1170. The highest BCUT2D eigenvalue weighted by Crippen LogP contribution is 2.29. The van der Waals surface area contributed by atoms with Crippen molar-refractivity contribution in [1.82, 2.24) is 19.8 Å². The second-order valence-electron chi connectivity index (χ2n) is 5.96. The molecule has 2 heterocycles. The van der Waals surface area contributed by atoms with Gasteiger partial charge in [0.1, 0.15) is 10.8 Å². The number of hydrogen-bond donors (Lipinski definition) is 1. The number of aromatic nitrogens is 4. The molecule has 1 N–H and O–H groups in total. The van der Waals surface area contributed by atoms with E-state index in [1.165, 1.54) is 11.3 Å². The van der Waals surface area contributed by atoms with Crippen molar-refractivity contribution in [2.45, 2.75) is 13.8 Å². The van der Waals surface area contributed by atoms with Crippen LogP contribution in [0, 0.1) is 6.92 Å². The molecule has 28 heavy (non-hydrogen) atoms. The third-order valence-electron chi connectivity index (χ3n) is 4.01. The fourth-order valence-corrected chi connectivity index (χ4v) is 4.05. The molecule has 1 amide bonds. The predicted molar refractivity (Wildman–Crippen MR) is 112 cm³/mol. The summed E-state index contributed by atoms with van der Waals surface area (Å²) in [6.45, 7) is 4.33.